The van der Waals surface area contributed by atoms with Crippen molar-refractivity contribution in [1.29, 1.82) is 0 Å². The summed E-state index contributed by atoms with van der Waals surface area (Å²) in [6, 6.07) is -1.51. The molecule has 1 heterocycles. The van der Waals surface area contributed by atoms with Gasteiger partial charge in [0.2, 0.25) is 0 Å². The zero-order valence-corrected chi connectivity index (χ0v) is 10.8. The van der Waals surface area contributed by atoms with E-state index < -0.39 is 34.4 Å². The lowest BCUT2D eigenvalue weighted by Gasteiger charge is -2.12. The molecule has 1 rings (SSSR count). The maximum atomic E-state index is 11.8. The van der Waals surface area contributed by atoms with Gasteiger partial charge in [-0.1, -0.05) is 0 Å². The SMILES string of the molecule is Cc1ncc(S(=O)(=O)N[C@@H](CCC(=O)O)C(=O)O)[nH]1. The number of aromatic amines is 1. The maximum absolute atomic E-state index is 11.8. The minimum absolute atomic E-state index is 0.272. The lowest BCUT2D eigenvalue weighted by Crippen LogP contribution is -2.41. The van der Waals surface area contributed by atoms with E-state index in [1.807, 2.05) is 4.72 Å². The number of imidazole rings is 1. The molecule has 1 atom stereocenters. The minimum Gasteiger partial charge on any atom is -0.481 e. The number of hydrogen-bond acceptors (Lipinski definition) is 5. The molecule has 0 bridgehead atoms. The van der Waals surface area contributed by atoms with E-state index in [0.29, 0.717) is 5.82 Å². The van der Waals surface area contributed by atoms with E-state index in [-0.39, 0.29) is 11.4 Å². The van der Waals surface area contributed by atoms with Crippen LogP contribution in [0.5, 0.6) is 0 Å². The first-order valence-corrected chi connectivity index (χ1v) is 6.69. The minimum atomic E-state index is -4.07. The van der Waals surface area contributed by atoms with Crippen molar-refractivity contribution in [1.82, 2.24) is 14.7 Å². The molecule has 0 fully saturated rings. The van der Waals surface area contributed by atoms with Crippen LogP contribution in [0, 0.1) is 6.92 Å². The lowest BCUT2D eigenvalue weighted by molar-refractivity contribution is -0.140. The molecule has 1 aromatic rings. The Morgan fingerprint density at radius 3 is 2.53 bits per heavy atom. The Balaban J connectivity index is 2.84. The molecule has 0 saturated heterocycles. The lowest BCUT2D eigenvalue weighted by atomic mass is 10.2. The van der Waals surface area contributed by atoms with Gasteiger partial charge < -0.3 is 15.2 Å². The second-order valence-corrected chi connectivity index (χ2v) is 5.46. The van der Waals surface area contributed by atoms with Crippen molar-refractivity contribution in [2.24, 2.45) is 0 Å². The number of hydrogen-bond donors (Lipinski definition) is 4. The Kier molecular flexibility index (Phi) is 4.62. The average Bonchev–Trinajstić information content (AvgIpc) is 2.71. The number of carboxylic acids is 2. The van der Waals surface area contributed by atoms with Crippen molar-refractivity contribution in [2.45, 2.75) is 30.8 Å². The smallest absolute Gasteiger partial charge is 0.321 e. The highest BCUT2D eigenvalue weighted by Crippen LogP contribution is 2.08. The van der Waals surface area contributed by atoms with Crippen LogP contribution in [-0.2, 0) is 19.6 Å². The normalized spacial score (nSPS) is 13.1. The summed E-state index contributed by atoms with van der Waals surface area (Å²) < 4.78 is 25.5. The van der Waals surface area contributed by atoms with Crippen LogP contribution in [-0.4, -0.2) is 46.6 Å². The number of sulfonamides is 1. The van der Waals surface area contributed by atoms with Gasteiger partial charge in [-0.15, -0.1) is 0 Å². The summed E-state index contributed by atoms with van der Waals surface area (Å²) >= 11 is 0. The van der Waals surface area contributed by atoms with Crippen molar-refractivity contribution in [3.05, 3.63) is 12.0 Å². The molecule has 0 aliphatic carbocycles. The van der Waals surface area contributed by atoms with Crippen LogP contribution in [0.15, 0.2) is 11.2 Å². The first-order valence-electron chi connectivity index (χ1n) is 5.21. The predicted molar refractivity (Wildman–Crippen MR) is 61.9 cm³/mol. The molecule has 0 aromatic carbocycles. The second-order valence-electron chi connectivity index (χ2n) is 3.78. The summed E-state index contributed by atoms with van der Waals surface area (Å²) in [4.78, 5) is 27.4. The van der Waals surface area contributed by atoms with E-state index in [9.17, 15) is 18.0 Å². The third-order valence-corrected chi connectivity index (χ3v) is 3.59. The van der Waals surface area contributed by atoms with Crippen LogP contribution >= 0.6 is 0 Å². The van der Waals surface area contributed by atoms with E-state index >= 15 is 0 Å². The Hall–Kier alpha value is -1.94. The highest BCUT2D eigenvalue weighted by atomic mass is 32.2. The molecule has 4 N–H and O–H groups in total. The van der Waals surface area contributed by atoms with E-state index in [4.69, 9.17) is 10.2 Å². The fourth-order valence-corrected chi connectivity index (χ4v) is 2.48. The number of H-pyrrole nitrogens is 1. The van der Waals surface area contributed by atoms with Crippen molar-refractivity contribution in [2.75, 3.05) is 0 Å². The van der Waals surface area contributed by atoms with Gasteiger partial charge in [0.25, 0.3) is 10.0 Å². The van der Waals surface area contributed by atoms with Crippen LogP contribution in [0.25, 0.3) is 0 Å². The summed E-state index contributed by atoms with van der Waals surface area (Å²) in [6.07, 6.45) is 0.242. The second kappa shape index (κ2) is 5.80. The predicted octanol–water partition coefficient (Wildman–Crippen LogP) is -0.686. The highest BCUT2D eigenvalue weighted by molar-refractivity contribution is 7.89. The number of carbonyl (C=O) groups is 2. The largest absolute Gasteiger partial charge is 0.481 e. The van der Waals surface area contributed by atoms with E-state index in [0.717, 1.165) is 6.20 Å². The summed E-state index contributed by atoms with van der Waals surface area (Å²) in [6.45, 7) is 1.54. The van der Waals surface area contributed by atoms with Gasteiger partial charge in [-0.25, -0.2) is 13.4 Å². The van der Waals surface area contributed by atoms with E-state index in [2.05, 4.69) is 9.97 Å². The van der Waals surface area contributed by atoms with Crippen LogP contribution in [0.3, 0.4) is 0 Å². The molecule has 0 saturated carbocycles. The van der Waals surface area contributed by atoms with Gasteiger partial charge in [0.15, 0.2) is 5.03 Å². The molecule has 0 amide bonds. The van der Waals surface area contributed by atoms with E-state index in [1.165, 1.54) is 6.92 Å². The molecule has 0 radical (unpaired) electrons. The highest BCUT2D eigenvalue weighted by Gasteiger charge is 2.26. The molecule has 0 unspecified atom stereocenters. The standard InChI is InChI=1S/C9H13N3O6S/c1-5-10-4-7(11-5)19(17,18)12-6(9(15)16)2-3-8(13)14/h4,6,12H,2-3H2,1H3,(H,10,11)(H,13,14)(H,15,16)/t6-/m0/s1. The number of aliphatic carboxylic acids is 2. The number of aryl methyl sites for hydroxylation is 1. The zero-order chi connectivity index (χ0) is 14.6. The number of aromatic nitrogens is 2. The number of carboxylic acid groups (broad SMARTS) is 2. The summed E-state index contributed by atoms with van der Waals surface area (Å²) in [5.74, 6) is -2.29. The maximum Gasteiger partial charge on any atom is 0.321 e. The molecule has 0 spiro atoms. The summed E-state index contributed by atoms with van der Waals surface area (Å²) in [5.41, 5.74) is 0. The third kappa shape index (κ3) is 4.34. The summed E-state index contributed by atoms with van der Waals surface area (Å²) in [5, 5.41) is 17.1. The molecule has 0 aliphatic rings. The van der Waals surface area contributed by atoms with Gasteiger partial charge in [-0.2, -0.15) is 4.72 Å². The van der Waals surface area contributed by atoms with Crippen molar-refractivity contribution < 1.29 is 28.2 Å². The zero-order valence-electron chi connectivity index (χ0n) is 9.95. The van der Waals surface area contributed by atoms with Gasteiger partial charge in [-0.3, -0.25) is 9.59 Å². The van der Waals surface area contributed by atoms with E-state index in [1.54, 1.807) is 0 Å². The molecule has 9 nitrogen and oxygen atoms in total. The fourth-order valence-electron chi connectivity index (χ4n) is 1.29. The van der Waals surface area contributed by atoms with Crippen molar-refractivity contribution in [3.63, 3.8) is 0 Å². The van der Waals surface area contributed by atoms with Crippen molar-refractivity contribution >= 4 is 22.0 Å². The molecular weight excluding hydrogens is 278 g/mol. The first kappa shape index (κ1) is 15.1. The molecule has 10 heteroatoms. The first-order chi connectivity index (χ1) is 8.72. The van der Waals surface area contributed by atoms with Crippen LogP contribution in [0.4, 0.5) is 0 Å². The molecule has 19 heavy (non-hydrogen) atoms. The Labute approximate surface area is 108 Å². The number of rotatable bonds is 7. The Bertz CT molecular complexity index is 579. The fraction of sp³-hybridized carbons (Fsp3) is 0.444. The Morgan fingerprint density at radius 1 is 1.47 bits per heavy atom. The van der Waals surface area contributed by atoms with Gasteiger partial charge >= 0.3 is 11.9 Å². The topological polar surface area (TPSA) is 149 Å². The van der Waals surface area contributed by atoms with Crippen LogP contribution in [0.2, 0.25) is 0 Å². The van der Waals surface area contributed by atoms with Gasteiger partial charge in [0.05, 0.1) is 6.20 Å². The number of nitrogens with zero attached hydrogens (tertiary/aromatic N) is 1. The monoisotopic (exact) mass is 291 g/mol. The third-order valence-electron chi connectivity index (χ3n) is 2.21. The van der Waals surface area contributed by atoms with Crippen LogP contribution < -0.4 is 4.72 Å². The quantitative estimate of drug-likeness (QED) is 0.519. The van der Waals surface area contributed by atoms with Gasteiger partial charge in [-0.05, 0) is 13.3 Å². The summed E-state index contributed by atoms with van der Waals surface area (Å²) in [7, 11) is -4.07. The van der Waals surface area contributed by atoms with Crippen LogP contribution in [0.1, 0.15) is 18.7 Å². The number of nitrogens with one attached hydrogen (secondary N) is 2. The van der Waals surface area contributed by atoms with Gasteiger partial charge in [0.1, 0.15) is 11.9 Å². The molecule has 0 aliphatic heterocycles. The van der Waals surface area contributed by atoms with Crippen molar-refractivity contribution in [3.8, 4) is 0 Å². The average molecular weight is 291 g/mol. The van der Waals surface area contributed by atoms with Gasteiger partial charge in [0, 0.05) is 6.42 Å². The molecule has 1 aromatic heterocycles. The molecule has 106 valence electrons. The molecular formula is C9H13N3O6S. The Morgan fingerprint density at radius 2 is 2.11 bits per heavy atom.